The number of hydrogen-bond donors (Lipinski definition) is 2. The molecule has 0 aliphatic rings. The summed E-state index contributed by atoms with van der Waals surface area (Å²) >= 11 is 0. The van der Waals surface area contributed by atoms with E-state index in [1.54, 1.807) is 18.2 Å². The average Bonchev–Trinajstić information content (AvgIpc) is 2.38. The summed E-state index contributed by atoms with van der Waals surface area (Å²) in [6, 6.07) is 11.3. The largest absolute Gasteiger partial charge is 0.494 e. The minimum absolute atomic E-state index is 0.0379. The lowest BCUT2D eigenvalue weighted by molar-refractivity contribution is 0.338. The van der Waals surface area contributed by atoms with Gasteiger partial charge in [-0.1, -0.05) is 6.07 Å². The van der Waals surface area contributed by atoms with Gasteiger partial charge in [-0.15, -0.1) is 0 Å². The van der Waals surface area contributed by atoms with Crippen molar-refractivity contribution in [2.75, 3.05) is 12.3 Å². The molecule has 0 spiro atoms. The van der Waals surface area contributed by atoms with E-state index >= 15 is 0 Å². The molecule has 0 aromatic heterocycles. The van der Waals surface area contributed by atoms with Gasteiger partial charge < -0.3 is 15.2 Å². The van der Waals surface area contributed by atoms with Crippen LogP contribution in [0.1, 0.15) is 6.92 Å². The highest BCUT2D eigenvalue weighted by Crippen LogP contribution is 2.28. The van der Waals surface area contributed by atoms with Gasteiger partial charge in [0, 0.05) is 12.1 Å². The zero-order valence-electron chi connectivity index (χ0n) is 11.4. The fraction of sp³-hybridized carbons (Fsp3) is 0.143. The maximum Gasteiger partial charge on any atom is 0.240 e. The van der Waals surface area contributed by atoms with Crippen LogP contribution < -0.4 is 20.3 Å². The minimum Gasteiger partial charge on any atom is -0.494 e. The summed E-state index contributed by atoms with van der Waals surface area (Å²) in [4.78, 5) is -0.127. The molecule has 21 heavy (non-hydrogen) atoms. The third-order valence-electron chi connectivity index (χ3n) is 2.64. The molecular weight excluding hydrogens is 292 g/mol. The maximum atomic E-state index is 11.3. The lowest BCUT2D eigenvalue weighted by atomic mass is 10.3. The zero-order chi connectivity index (χ0) is 15.5. The first-order chi connectivity index (χ1) is 9.90. The fourth-order valence-electron chi connectivity index (χ4n) is 1.78. The van der Waals surface area contributed by atoms with Crippen LogP contribution in [-0.4, -0.2) is 15.0 Å². The molecule has 6 nitrogen and oxygen atoms in total. The Morgan fingerprint density at radius 3 is 2.33 bits per heavy atom. The Morgan fingerprint density at radius 2 is 1.71 bits per heavy atom. The predicted octanol–water partition coefficient (Wildman–Crippen LogP) is 2.11. The number of primary sulfonamides is 1. The van der Waals surface area contributed by atoms with Crippen LogP contribution in [-0.2, 0) is 10.0 Å². The normalized spacial score (nSPS) is 11.1. The van der Waals surface area contributed by atoms with Crippen LogP contribution >= 0.6 is 0 Å². The van der Waals surface area contributed by atoms with Crippen LogP contribution in [0.15, 0.2) is 47.4 Å². The SMILES string of the molecule is CCOc1cccc(Oc2ccc(S(N)(=O)=O)c(N)c2)c1. The average molecular weight is 308 g/mol. The lowest BCUT2D eigenvalue weighted by Crippen LogP contribution is -2.14. The first-order valence-electron chi connectivity index (χ1n) is 6.23. The van der Waals surface area contributed by atoms with E-state index in [1.807, 2.05) is 13.0 Å². The smallest absolute Gasteiger partial charge is 0.240 e. The van der Waals surface area contributed by atoms with Gasteiger partial charge >= 0.3 is 0 Å². The highest BCUT2D eigenvalue weighted by atomic mass is 32.2. The van der Waals surface area contributed by atoms with E-state index in [0.29, 0.717) is 23.9 Å². The Morgan fingerprint density at radius 1 is 1.05 bits per heavy atom. The van der Waals surface area contributed by atoms with E-state index in [1.165, 1.54) is 18.2 Å². The van der Waals surface area contributed by atoms with Crippen molar-refractivity contribution in [1.82, 2.24) is 0 Å². The number of ether oxygens (including phenoxy) is 2. The third kappa shape index (κ3) is 3.87. The van der Waals surface area contributed by atoms with Gasteiger partial charge in [-0.2, -0.15) is 0 Å². The summed E-state index contributed by atoms with van der Waals surface area (Å²) < 4.78 is 33.6. The van der Waals surface area contributed by atoms with Crippen molar-refractivity contribution < 1.29 is 17.9 Å². The monoisotopic (exact) mass is 308 g/mol. The van der Waals surface area contributed by atoms with Crippen LogP contribution in [0.5, 0.6) is 17.2 Å². The standard InChI is InChI=1S/C14H16N2O4S/c1-2-19-10-4-3-5-11(8-10)20-12-6-7-14(13(15)9-12)21(16,17)18/h3-9H,2,15H2,1H3,(H2,16,17,18). The van der Waals surface area contributed by atoms with Crippen LogP contribution in [0.2, 0.25) is 0 Å². The molecule has 7 heteroatoms. The Labute approximate surface area is 123 Å². The summed E-state index contributed by atoms with van der Waals surface area (Å²) in [6.45, 7) is 2.44. The highest BCUT2D eigenvalue weighted by molar-refractivity contribution is 7.89. The number of anilines is 1. The Kier molecular flexibility index (Phi) is 4.35. The molecular formula is C14H16N2O4S. The quantitative estimate of drug-likeness (QED) is 0.823. The van der Waals surface area contributed by atoms with Crippen LogP contribution in [0.4, 0.5) is 5.69 Å². The molecule has 0 saturated carbocycles. The fourth-order valence-corrected chi connectivity index (χ4v) is 2.42. The Bertz CT molecular complexity index is 744. The predicted molar refractivity (Wildman–Crippen MR) is 79.9 cm³/mol. The number of benzene rings is 2. The molecule has 0 radical (unpaired) electrons. The van der Waals surface area contributed by atoms with Crippen molar-refractivity contribution in [2.24, 2.45) is 5.14 Å². The van der Waals surface area contributed by atoms with Crippen molar-refractivity contribution in [3.05, 3.63) is 42.5 Å². The van der Waals surface area contributed by atoms with Crippen LogP contribution in [0.3, 0.4) is 0 Å². The van der Waals surface area contributed by atoms with Crippen molar-refractivity contribution in [3.8, 4) is 17.2 Å². The molecule has 0 unspecified atom stereocenters. The van der Waals surface area contributed by atoms with Crippen molar-refractivity contribution in [2.45, 2.75) is 11.8 Å². The van der Waals surface area contributed by atoms with E-state index < -0.39 is 10.0 Å². The molecule has 0 aliphatic heterocycles. The summed E-state index contributed by atoms with van der Waals surface area (Å²) in [5, 5.41) is 5.05. The van der Waals surface area contributed by atoms with Crippen molar-refractivity contribution in [3.63, 3.8) is 0 Å². The molecule has 0 atom stereocenters. The van der Waals surface area contributed by atoms with Crippen molar-refractivity contribution in [1.29, 1.82) is 0 Å². The van der Waals surface area contributed by atoms with E-state index in [9.17, 15) is 8.42 Å². The number of sulfonamides is 1. The summed E-state index contributed by atoms with van der Waals surface area (Å²) in [7, 11) is -3.84. The molecule has 0 heterocycles. The van der Waals surface area contributed by atoms with Crippen LogP contribution in [0, 0.1) is 0 Å². The van der Waals surface area contributed by atoms with Crippen LogP contribution in [0.25, 0.3) is 0 Å². The van der Waals surface area contributed by atoms with Gasteiger partial charge in [0.25, 0.3) is 0 Å². The van der Waals surface area contributed by atoms with E-state index in [4.69, 9.17) is 20.3 Å². The Balaban J connectivity index is 2.24. The van der Waals surface area contributed by atoms with Gasteiger partial charge in [0.1, 0.15) is 22.1 Å². The molecule has 0 saturated heterocycles. The third-order valence-corrected chi connectivity index (χ3v) is 3.62. The van der Waals surface area contributed by atoms with Gasteiger partial charge in [0.15, 0.2) is 0 Å². The second-order valence-electron chi connectivity index (χ2n) is 4.25. The lowest BCUT2D eigenvalue weighted by Gasteiger charge is -2.10. The van der Waals surface area contributed by atoms with Gasteiger partial charge in [-0.25, -0.2) is 13.6 Å². The first-order valence-corrected chi connectivity index (χ1v) is 7.78. The highest BCUT2D eigenvalue weighted by Gasteiger charge is 2.13. The molecule has 4 N–H and O–H groups in total. The molecule has 0 fully saturated rings. The summed E-state index contributed by atoms with van der Waals surface area (Å²) in [5.74, 6) is 1.65. The van der Waals surface area contributed by atoms with E-state index in [-0.39, 0.29) is 10.6 Å². The second-order valence-corrected chi connectivity index (χ2v) is 5.78. The topological polar surface area (TPSA) is 105 Å². The molecule has 2 aromatic rings. The van der Waals surface area contributed by atoms with Crippen molar-refractivity contribution >= 4 is 15.7 Å². The zero-order valence-corrected chi connectivity index (χ0v) is 12.3. The number of nitrogens with two attached hydrogens (primary N) is 2. The second kappa shape index (κ2) is 6.02. The first kappa shape index (κ1) is 15.1. The van der Waals surface area contributed by atoms with E-state index in [0.717, 1.165) is 0 Å². The minimum atomic E-state index is -3.84. The Hall–Kier alpha value is -2.25. The number of rotatable bonds is 5. The molecule has 0 aliphatic carbocycles. The molecule has 2 aromatic carbocycles. The molecule has 0 bridgehead atoms. The number of hydrogen-bond acceptors (Lipinski definition) is 5. The van der Waals surface area contributed by atoms with Gasteiger partial charge in [-0.3, -0.25) is 0 Å². The summed E-state index contributed by atoms with van der Waals surface area (Å²) in [6.07, 6.45) is 0. The number of nitrogen functional groups attached to an aromatic ring is 1. The molecule has 2 rings (SSSR count). The summed E-state index contributed by atoms with van der Waals surface area (Å²) in [5.41, 5.74) is 5.71. The maximum absolute atomic E-state index is 11.3. The van der Waals surface area contributed by atoms with E-state index in [2.05, 4.69) is 0 Å². The van der Waals surface area contributed by atoms with Gasteiger partial charge in [-0.05, 0) is 31.2 Å². The van der Waals surface area contributed by atoms with Gasteiger partial charge in [0.2, 0.25) is 10.0 Å². The van der Waals surface area contributed by atoms with Gasteiger partial charge in [0.05, 0.1) is 12.3 Å². The molecule has 0 amide bonds. The molecule has 112 valence electrons.